The summed E-state index contributed by atoms with van der Waals surface area (Å²) in [5.41, 5.74) is 4.31. The number of rotatable bonds is 2. The van der Waals surface area contributed by atoms with E-state index >= 15 is 0 Å². The van der Waals surface area contributed by atoms with Crippen molar-refractivity contribution < 1.29 is 15.0 Å². The molecule has 3 heterocycles. The van der Waals surface area contributed by atoms with E-state index in [1.165, 1.54) is 6.33 Å². The third kappa shape index (κ3) is 1.40. The zero-order chi connectivity index (χ0) is 15.6. The Bertz CT molecular complexity index is 844. The number of aromatic amines is 1. The average molecular weight is 306 g/mol. The molecule has 6 N–H and O–H groups in total. The first kappa shape index (κ1) is 13.2. The van der Waals surface area contributed by atoms with Crippen LogP contribution in [0.4, 0.5) is 5.95 Å². The van der Waals surface area contributed by atoms with Gasteiger partial charge in [0.25, 0.3) is 5.56 Å². The van der Waals surface area contributed by atoms with E-state index < -0.39 is 29.7 Å². The lowest BCUT2D eigenvalue weighted by molar-refractivity contribution is -0.134. The Hall–Kier alpha value is -2.46. The normalized spacial score (nSPS) is 33.5. The number of aromatic nitrogens is 4. The summed E-state index contributed by atoms with van der Waals surface area (Å²) in [6.07, 6.45) is 0.662. The minimum atomic E-state index is -1.22. The van der Waals surface area contributed by atoms with Gasteiger partial charge in [0.2, 0.25) is 11.9 Å². The van der Waals surface area contributed by atoms with Crippen molar-refractivity contribution >= 4 is 23.0 Å². The number of nitrogen functional groups attached to an aromatic ring is 1. The number of amides is 1. The molecule has 2 aliphatic rings. The summed E-state index contributed by atoms with van der Waals surface area (Å²) in [6, 6.07) is -0.932. The molecule has 1 amide bonds. The van der Waals surface area contributed by atoms with Crippen molar-refractivity contribution in [1.82, 2.24) is 24.8 Å². The molecule has 2 fully saturated rings. The number of imidazole rings is 1. The number of H-pyrrole nitrogens is 1. The number of anilines is 1. The second-order valence-corrected chi connectivity index (χ2v) is 5.81. The van der Waals surface area contributed by atoms with E-state index in [0.717, 1.165) is 0 Å². The van der Waals surface area contributed by atoms with Crippen molar-refractivity contribution in [3.63, 3.8) is 0 Å². The SMILES string of the molecule is Nc1nc2c(ncn2[C@@H]2C[C@@]3(CO)C(=O)NC2[C@H]3O)c(=O)[nH]1. The standard InChI is InChI=1S/C12H14N6O4/c13-11-16-8-6(9(21)17-11)14-3-18(8)4-1-12(2-19)7(20)5(4)15-10(12)22/h3-5,7,19-20H,1-2H2,(H,15,22)(H3,13,16,17,21)/t4-,5?,7-,12+/m1/s1. The van der Waals surface area contributed by atoms with Crippen molar-refractivity contribution in [2.45, 2.75) is 24.6 Å². The molecule has 10 nitrogen and oxygen atoms in total. The summed E-state index contributed by atoms with van der Waals surface area (Å²) in [6.45, 7) is -0.449. The van der Waals surface area contributed by atoms with Gasteiger partial charge in [-0.05, 0) is 6.42 Å². The fourth-order valence-electron chi connectivity index (χ4n) is 3.56. The van der Waals surface area contributed by atoms with Crippen LogP contribution in [0.15, 0.2) is 11.1 Å². The Labute approximate surface area is 123 Å². The van der Waals surface area contributed by atoms with E-state index in [1.807, 2.05) is 0 Å². The molecule has 1 saturated heterocycles. The summed E-state index contributed by atoms with van der Waals surface area (Å²) in [4.78, 5) is 34.2. The number of carbonyl (C=O) groups is 1. The Kier molecular flexibility index (Phi) is 2.43. The van der Waals surface area contributed by atoms with Gasteiger partial charge in [-0.1, -0.05) is 0 Å². The average Bonchev–Trinajstić information content (AvgIpc) is 3.08. The smallest absolute Gasteiger partial charge is 0.280 e. The summed E-state index contributed by atoms with van der Waals surface area (Å²) in [5.74, 6) is -0.401. The highest BCUT2D eigenvalue weighted by Gasteiger charge is 2.64. The van der Waals surface area contributed by atoms with Crippen LogP contribution in [0.1, 0.15) is 12.5 Å². The van der Waals surface area contributed by atoms with Crippen LogP contribution < -0.4 is 16.6 Å². The number of carbonyl (C=O) groups excluding carboxylic acids is 1. The minimum Gasteiger partial charge on any atom is -0.395 e. The highest BCUT2D eigenvalue weighted by atomic mass is 16.3. The largest absolute Gasteiger partial charge is 0.395 e. The second kappa shape index (κ2) is 4.05. The molecule has 0 radical (unpaired) electrons. The highest BCUT2D eigenvalue weighted by Crippen LogP contribution is 2.49. The Morgan fingerprint density at radius 2 is 2.27 bits per heavy atom. The fraction of sp³-hybridized carbons (Fsp3) is 0.500. The first-order chi connectivity index (χ1) is 10.5. The molecular weight excluding hydrogens is 292 g/mol. The summed E-state index contributed by atoms with van der Waals surface area (Å²) >= 11 is 0. The number of hydrogen-bond acceptors (Lipinski definition) is 7. The van der Waals surface area contributed by atoms with Crippen molar-refractivity contribution in [2.75, 3.05) is 12.3 Å². The van der Waals surface area contributed by atoms with Crippen molar-refractivity contribution in [3.05, 3.63) is 16.7 Å². The van der Waals surface area contributed by atoms with Crippen LogP contribution in [0.2, 0.25) is 0 Å². The zero-order valence-corrected chi connectivity index (χ0v) is 11.4. The first-order valence-corrected chi connectivity index (χ1v) is 6.80. The molecular formula is C12H14N6O4. The minimum absolute atomic E-state index is 0.0381. The van der Waals surface area contributed by atoms with Gasteiger partial charge in [-0.25, -0.2) is 4.98 Å². The van der Waals surface area contributed by atoms with Crippen molar-refractivity contribution in [2.24, 2.45) is 5.41 Å². The maximum absolute atomic E-state index is 11.9. The van der Waals surface area contributed by atoms with Crippen LogP contribution in [0.5, 0.6) is 0 Å². The Morgan fingerprint density at radius 3 is 2.95 bits per heavy atom. The quantitative estimate of drug-likeness (QED) is 0.409. The van der Waals surface area contributed by atoms with Crippen LogP contribution in [0.25, 0.3) is 11.2 Å². The third-order valence-electron chi connectivity index (χ3n) is 4.73. The van der Waals surface area contributed by atoms with Gasteiger partial charge >= 0.3 is 0 Å². The van der Waals surface area contributed by atoms with E-state index in [0.29, 0.717) is 0 Å². The summed E-state index contributed by atoms with van der Waals surface area (Å²) < 4.78 is 1.62. The van der Waals surface area contributed by atoms with Crippen LogP contribution in [0, 0.1) is 5.41 Å². The number of hydrogen-bond donors (Lipinski definition) is 5. The van der Waals surface area contributed by atoms with E-state index in [1.54, 1.807) is 4.57 Å². The number of fused-ring (bicyclic) bond motifs is 3. The van der Waals surface area contributed by atoms with Crippen molar-refractivity contribution in [3.8, 4) is 0 Å². The molecule has 1 saturated carbocycles. The molecule has 4 rings (SSSR count). The van der Waals surface area contributed by atoms with Gasteiger partial charge in [0.15, 0.2) is 11.2 Å². The molecule has 0 aromatic carbocycles. The number of nitrogens with two attached hydrogens (primary N) is 1. The molecule has 116 valence electrons. The number of piperidine rings is 1. The van der Waals surface area contributed by atoms with E-state index in [2.05, 4.69) is 20.3 Å². The topological polar surface area (TPSA) is 159 Å². The van der Waals surface area contributed by atoms with Gasteiger partial charge in [0, 0.05) is 0 Å². The maximum atomic E-state index is 11.9. The lowest BCUT2D eigenvalue weighted by Crippen LogP contribution is -2.43. The molecule has 1 aliphatic carbocycles. The van der Waals surface area contributed by atoms with E-state index in [4.69, 9.17) is 5.73 Å². The Balaban J connectivity index is 1.85. The number of aliphatic hydroxyl groups excluding tert-OH is 2. The molecule has 2 aromatic rings. The third-order valence-corrected chi connectivity index (χ3v) is 4.73. The van der Waals surface area contributed by atoms with Gasteiger partial charge in [0.05, 0.1) is 31.1 Å². The van der Waals surface area contributed by atoms with Crippen molar-refractivity contribution in [1.29, 1.82) is 0 Å². The van der Waals surface area contributed by atoms with Gasteiger partial charge in [-0.3, -0.25) is 14.6 Å². The molecule has 2 bridgehead atoms. The fourth-order valence-corrected chi connectivity index (χ4v) is 3.56. The van der Waals surface area contributed by atoms with E-state index in [9.17, 15) is 19.8 Å². The molecule has 1 aliphatic heterocycles. The molecule has 4 atom stereocenters. The maximum Gasteiger partial charge on any atom is 0.280 e. The molecule has 0 spiro atoms. The summed E-state index contributed by atoms with van der Waals surface area (Å²) in [7, 11) is 0. The zero-order valence-electron chi connectivity index (χ0n) is 11.4. The van der Waals surface area contributed by atoms with Crippen LogP contribution in [0.3, 0.4) is 0 Å². The predicted molar refractivity (Wildman–Crippen MR) is 73.7 cm³/mol. The van der Waals surface area contributed by atoms with Gasteiger partial charge < -0.3 is 25.8 Å². The Morgan fingerprint density at radius 1 is 1.50 bits per heavy atom. The van der Waals surface area contributed by atoms with Crippen LogP contribution in [-0.2, 0) is 4.79 Å². The lowest BCUT2D eigenvalue weighted by atomic mass is 9.85. The number of nitrogens with zero attached hydrogens (tertiary/aromatic N) is 3. The van der Waals surface area contributed by atoms with E-state index in [-0.39, 0.29) is 35.5 Å². The number of nitrogens with one attached hydrogen (secondary N) is 2. The molecule has 1 unspecified atom stereocenters. The van der Waals surface area contributed by atoms with Gasteiger partial charge in [-0.2, -0.15) is 4.98 Å². The lowest BCUT2D eigenvalue weighted by Gasteiger charge is -2.28. The molecule has 2 aromatic heterocycles. The highest BCUT2D eigenvalue weighted by molar-refractivity contribution is 5.88. The molecule has 22 heavy (non-hydrogen) atoms. The first-order valence-electron chi connectivity index (χ1n) is 6.80. The summed E-state index contributed by atoms with van der Waals surface area (Å²) in [5, 5.41) is 22.6. The van der Waals surface area contributed by atoms with Gasteiger partial charge in [-0.15, -0.1) is 0 Å². The predicted octanol–water partition coefficient (Wildman–Crippen LogP) is -2.52. The van der Waals surface area contributed by atoms with Crippen LogP contribution >= 0.6 is 0 Å². The van der Waals surface area contributed by atoms with Gasteiger partial charge in [0.1, 0.15) is 5.41 Å². The second-order valence-electron chi connectivity index (χ2n) is 5.81. The number of aliphatic hydroxyl groups is 2. The van der Waals surface area contributed by atoms with Crippen LogP contribution in [-0.4, -0.2) is 54.4 Å². The molecule has 10 heteroatoms. The monoisotopic (exact) mass is 306 g/mol.